The Hall–Kier alpha value is -3.47. The maximum Gasteiger partial charge on any atom is 0.240 e. The van der Waals surface area contributed by atoms with Gasteiger partial charge in [0, 0.05) is 18.5 Å². The Morgan fingerprint density at radius 3 is 2.39 bits per heavy atom. The minimum Gasteiger partial charge on any atom is -0.326 e. The molecule has 0 atom stereocenters. The van der Waals surface area contributed by atoms with Gasteiger partial charge >= 0.3 is 0 Å². The van der Waals surface area contributed by atoms with Crippen molar-refractivity contribution in [1.82, 2.24) is 5.43 Å². The van der Waals surface area contributed by atoms with Gasteiger partial charge in [-0.05, 0) is 53.9 Å². The molecule has 0 radical (unpaired) electrons. The standard InChI is InChI=1S/C23H23N3O2/c1-16-6-5-9-21(14-16)24-22(27)12-13-23(28)26-25-17(2)19-11-10-18-7-3-4-8-20(18)15-19/h3-11,14-15H,12-13H2,1-2H3,(H,24,27)(H,26,28). The lowest BCUT2D eigenvalue weighted by Gasteiger charge is -2.06. The third-order valence-corrected chi connectivity index (χ3v) is 4.40. The molecule has 0 saturated carbocycles. The molecule has 0 spiro atoms. The Morgan fingerprint density at radius 1 is 0.857 bits per heavy atom. The number of hydrogen-bond donors (Lipinski definition) is 2. The van der Waals surface area contributed by atoms with Gasteiger partial charge in [-0.15, -0.1) is 0 Å². The summed E-state index contributed by atoms with van der Waals surface area (Å²) >= 11 is 0. The quantitative estimate of drug-likeness (QED) is 0.496. The Kier molecular flexibility index (Phi) is 6.17. The molecule has 0 heterocycles. The van der Waals surface area contributed by atoms with Crippen LogP contribution in [0.15, 0.2) is 71.8 Å². The van der Waals surface area contributed by atoms with Crippen molar-refractivity contribution in [2.24, 2.45) is 5.10 Å². The van der Waals surface area contributed by atoms with Crippen LogP contribution in [0.3, 0.4) is 0 Å². The molecular weight excluding hydrogens is 350 g/mol. The summed E-state index contributed by atoms with van der Waals surface area (Å²) in [6.45, 7) is 3.80. The first-order valence-corrected chi connectivity index (χ1v) is 9.20. The second-order valence-electron chi connectivity index (χ2n) is 6.71. The monoisotopic (exact) mass is 373 g/mol. The van der Waals surface area contributed by atoms with Gasteiger partial charge in [-0.3, -0.25) is 9.59 Å². The third-order valence-electron chi connectivity index (χ3n) is 4.40. The van der Waals surface area contributed by atoms with E-state index in [1.54, 1.807) is 0 Å². The first-order chi connectivity index (χ1) is 13.5. The molecule has 0 aliphatic carbocycles. The molecule has 28 heavy (non-hydrogen) atoms. The fraction of sp³-hybridized carbons (Fsp3) is 0.174. The number of rotatable bonds is 6. The maximum atomic E-state index is 12.0. The highest BCUT2D eigenvalue weighted by atomic mass is 16.2. The Balaban J connectivity index is 1.51. The van der Waals surface area contributed by atoms with Gasteiger partial charge in [0.05, 0.1) is 5.71 Å². The molecule has 0 unspecified atom stereocenters. The molecule has 5 nitrogen and oxygen atoms in total. The number of nitrogens with zero attached hydrogens (tertiary/aromatic N) is 1. The second kappa shape index (κ2) is 8.95. The summed E-state index contributed by atoms with van der Waals surface area (Å²) in [6.07, 6.45) is 0.177. The van der Waals surface area contributed by atoms with E-state index in [4.69, 9.17) is 0 Å². The van der Waals surface area contributed by atoms with E-state index in [-0.39, 0.29) is 24.7 Å². The largest absolute Gasteiger partial charge is 0.326 e. The van der Waals surface area contributed by atoms with E-state index in [0.29, 0.717) is 5.71 Å². The Morgan fingerprint density at radius 2 is 1.61 bits per heavy atom. The maximum absolute atomic E-state index is 12.0. The summed E-state index contributed by atoms with van der Waals surface area (Å²) in [6, 6.07) is 21.7. The van der Waals surface area contributed by atoms with E-state index in [0.717, 1.165) is 27.6 Å². The average molecular weight is 373 g/mol. The molecule has 2 N–H and O–H groups in total. The van der Waals surface area contributed by atoms with Crippen molar-refractivity contribution < 1.29 is 9.59 Å². The Labute approximate surface area is 164 Å². The number of benzene rings is 3. The molecule has 0 saturated heterocycles. The molecule has 0 aliphatic heterocycles. The van der Waals surface area contributed by atoms with E-state index in [1.807, 2.05) is 74.5 Å². The fourth-order valence-electron chi connectivity index (χ4n) is 2.85. The number of anilines is 1. The lowest BCUT2D eigenvalue weighted by Crippen LogP contribution is -2.21. The van der Waals surface area contributed by atoms with E-state index in [9.17, 15) is 9.59 Å². The number of amides is 2. The summed E-state index contributed by atoms with van der Waals surface area (Å²) in [5.41, 5.74) is 5.97. The minimum atomic E-state index is -0.292. The van der Waals surface area contributed by atoms with Crippen molar-refractivity contribution in [1.29, 1.82) is 0 Å². The summed E-state index contributed by atoms with van der Waals surface area (Å²) in [5.74, 6) is -0.490. The highest BCUT2D eigenvalue weighted by Crippen LogP contribution is 2.16. The molecule has 0 bridgehead atoms. The zero-order valence-corrected chi connectivity index (χ0v) is 16.0. The van der Waals surface area contributed by atoms with Crippen LogP contribution >= 0.6 is 0 Å². The first-order valence-electron chi connectivity index (χ1n) is 9.20. The molecule has 5 heteroatoms. The topological polar surface area (TPSA) is 70.6 Å². The van der Waals surface area contributed by atoms with Gasteiger partial charge in [-0.1, -0.05) is 48.5 Å². The summed E-state index contributed by atoms with van der Waals surface area (Å²) in [5, 5.41) is 9.23. The molecule has 142 valence electrons. The van der Waals surface area contributed by atoms with Crippen LogP contribution in [0, 0.1) is 6.92 Å². The van der Waals surface area contributed by atoms with Gasteiger partial charge in [-0.25, -0.2) is 5.43 Å². The average Bonchev–Trinajstić information content (AvgIpc) is 2.70. The highest BCUT2D eigenvalue weighted by molar-refractivity contribution is 6.02. The van der Waals surface area contributed by atoms with E-state index >= 15 is 0 Å². The number of fused-ring (bicyclic) bond motifs is 1. The zero-order chi connectivity index (χ0) is 19.9. The second-order valence-corrected chi connectivity index (χ2v) is 6.71. The molecule has 2 amide bonds. The van der Waals surface area contributed by atoms with Crippen LogP contribution in [0.25, 0.3) is 10.8 Å². The number of aryl methyl sites for hydroxylation is 1. The number of hydrogen-bond acceptors (Lipinski definition) is 3. The van der Waals surface area contributed by atoms with Crippen molar-refractivity contribution in [2.45, 2.75) is 26.7 Å². The van der Waals surface area contributed by atoms with Crippen LogP contribution in [-0.2, 0) is 9.59 Å². The van der Waals surface area contributed by atoms with Crippen LogP contribution in [0.1, 0.15) is 30.9 Å². The smallest absolute Gasteiger partial charge is 0.240 e. The molecule has 0 aliphatic rings. The van der Waals surface area contributed by atoms with Crippen LogP contribution < -0.4 is 10.7 Å². The van der Waals surface area contributed by atoms with Crippen molar-refractivity contribution in [2.75, 3.05) is 5.32 Å². The van der Waals surface area contributed by atoms with Crippen molar-refractivity contribution in [3.63, 3.8) is 0 Å². The molecule has 3 aromatic carbocycles. The first kappa shape index (κ1) is 19.3. The zero-order valence-electron chi connectivity index (χ0n) is 16.0. The normalized spacial score (nSPS) is 11.3. The van der Waals surface area contributed by atoms with Crippen molar-refractivity contribution in [3.8, 4) is 0 Å². The van der Waals surface area contributed by atoms with Gasteiger partial charge in [0.1, 0.15) is 0 Å². The predicted molar refractivity (Wildman–Crippen MR) is 113 cm³/mol. The summed E-state index contributed by atoms with van der Waals surface area (Å²) in [4.78, 5) is 24.0. The number of nitrogens with one attached hydrogen (secondary N) is 2. The molecular formula is C23H23N3O2. The van der Waals surface area contributed by atoms with Gasteiger partial charge in [-0.2, -0.15) is 5.10 Å². The van der Waals surface area contributed by atoms with E-state index < -0.39 is 0 Å². The van der Waals surface area contributed by atoms with Crippen molar-refractivity contribution >= 4 is 34.0 Å². The summed E-state index contributed by atoms with van der Waals surface area (Å²) in [7, 11) is 0. The number of carbonyl (C=O) groups is 2. The minimum absolute atomic E-state index is 0.0755. The van der Waals surface area contributed by atoms with Gasteiger partial charge < -0.3 is 5.32 Å². The summed E-state index contributed by atoms with van der Waals surface area (Å²) < 4.78 is 0. The predicted octanol–water partition coefficient (Wildman–Crippen LogP) is 4.41. The van der Waals surface area contributed by atoms with Crippen molar-refractivity contribution in [3.05, 3.63) is 77.9 Å². The SMILES string of the molecule is CC(=NNC(=O)CCC(=O)Nc1cccc(C)c1)c1ccc2ccccc2c1. The van der Waals surface area contributed by atoms with Crippen LogP contribution in [0.2, 0.25) is 0 Å². The molecule has 0 aromatic heterocycles. The molecule has 0 fully saturated rings. The van der Waals surface area contributed by atoms with Gasteiger partial charge in [0.2, 0.25) is 11.8 Å². The van der Waals surface area contributed by atoms with Gasteiger partial charge in [0.25, 0.3) is 0 Å². The van der Waals surface area contributed by atoms with E-state index in [1.165, 1.54) is 0 Å². The van der Waals surface area contributed by atoms with Crippen LogP contribution in [0.5, 0.6) is 0 Å². The fourth-order valence-corrected chi connectivity index (χ4v) is 2.85. The third kappa shape index (κ3) is 5.27. The lowest BCUT2D eigenvalue weighted by molar-refractivity contribution is -0.124. The molecule has 3 aromatic rings. The highest BCUT2D eigenvalue weighted by Gasteiger charge is 2.07. The van der Waals surface area contributed by atoms with Crippen LogP contribution in [-0.4, -0.2) is 17.5 Å². The lowest BCUT2D eigenvalue weighted by atomic mass is 10.0. The number of carbonyl (C=O) groups excluding carboxylic acids is 2. The van der Waals surface area contributed by atoms with Gasteiger partial charge in [0.15, 0.2) is 0 Å². The molecule has 3 rings (SSSR count). The number of hydrazone groups is 1. The van der Waals surface area contributed by atoms with E-state index in [2.05, 4.69) is 21.9 Å². The Bertz CT molecular complexity index is 1040. The van der Waals surface area contributed by atoms with Crippen LogP contribution in [0.4, 0.5) is 5.69 Å².